The van der Waals surface area contributed by atoms with Gasteiger partial charge in [-0.05, 0) is 42.2 Å². The van der Waals surface area contributed by atoms with Crippen molar-refractivity contribution in [2.24, 2.45) is 0 Å². The molecule has 0 unspecified atom stereocenters. The van der Waals surface area contributed by atoms with E-state index < -0.39 is 0 Å². The molecule has 0 heterocycles. The zero-order chi connectivity index (χ0) is 15.1. The van der Waals surface area contributed by atoms with Crippen LogP contribution in [-0.2, 0) is 0 Å². The third-order valence-electron chi connectivity index (χ3n) is 3.28. The van der Waals surface area contributed by atoms with E-state index in [4.69, 9.17) is 10.5 Å². The summed E-state index contributed by atoms with van der Waals surface area (Å²) in [4.78, 5) is 1.32. The second kappa shape index (κ2) is 7.99. The Morgan fingerprint density at radius 3 is 2.43 bits per heavy atom. The van der Waals surface area contributed by atoms with Gasteiger partial charge in [0.2, 0.25) is 0 Å². The van der Waals surface area contributed by atoms with Gasteiger partial charge in [0.15, 0.2) is 0 Å². The lowest BCUT2D eigenvalue weighted by Gasteiger charge is -2.09. The summed E-state index contributed by atoms with van der Waals surface area (Å²) in [5.74, 6) is 2.42. The van der Waals surface area contributed by atoms with Crippen LogP contribution < -0.4 is 10.5 Å². The maximum Gasteiger partial charge on any atom is 0.142 e. The maximum absolute atomic E-state index is 5.83. The van der Waals surface area contributed by atoms with E-state index in [9.17, 15) is 0 Å². The van der Waals surface area contributed by atoms with Crippen LogP contribution in [-0.4, -0.2) is 12.4 Å². The normalized spacial score (nSPS) is 10.8. The quantitative estimate of drug-likeness (QED) is 0.446. The van der Waals surface area contributed by atoms with Crippen LogP contribution in [0.1, 0.15) is 31.7 Å². The van der Waals surface area contributed by atoms with Crippen molar-refractivity contribution in [2.75, 3.05) is 18.1 Å². The van der Waals surface area contributed by atoms with Gasteiger partial charge >= 0.3 is 0 Å². The average Bonchev–Trinajstić information content (AvgIpc) is 2.49. The van der Waals surface area contributed by atoms with Crippen molar-refractivity contribution in [1.29, 1.82) is 0 Å². The summed E-state index contributed by atoms with van der Waals surface area (Å²) in [6.07, 6.45) is 1.00. The third-order valence-corrected chi connectivity index (χ3v) is 4.38. The highest BCUT2D eigenvalue weighted by Crippen LogP contribution is 2.23. The minimum Gasteiger partial charge on any atom is -0.491 e. The Kier molecular flexibility index (Phi) is 6.00. The Balaban J connectivity index is 1.69. The first-order valence-corrected chi connectivity index (χ1v) is 8.35. The fourth-order valence-electron chi connectivity index (χ4n) is 1.99. The summed E-state index contributed by atoms with van der Waals surface area (Å²) in [7, 11) is 0. The Labute approximate surface area is 131 Å². The number of hydrogen-bond acceptors (Lipinski definition) is 3. The van der Waals surface area contributed by atoms with Crippen LogP contribution in [0.5, 0.6) is 5.75 Å². The summed E-state index contributed by atoms with van der Waals surface area (Å²) < 4.78 is 5.69. The van der Waals surface area contributed by atoms with Gasteiger partial charge in [-0.1, -0.05) is 38.1 Å². The summed E-state index contributed by atoms with van der Waals surface area (Å²) in [6, 6.07) is 16.5. The van der Waals surface area contributed by atoms with E-state index in [1.165, 1.54) is 10.5 Å². The van der Waals surface area contributed by atoms with Crippen LogP contribution in [0.3, 0.4) is 0 Å². The smallest absolute Gasteiger partial charge is 0.142 e. The van der Waals surface area contributed by atoms with Crippen LogP contribution in [0.2, 0.25) is 0 Å². The molecule has 0 aliphatic heterocycles. The first-order valence-electron chi connectivity index (χ1n) is 7.37. The van der Waals surface area contributed by atoms with E-state index in [-0.39, 0.29) is 0 Å². The minimum absolute atomic E-state index is 0.591. The lowest BCUT2D eigenvalue weighted by Crippen LogP contribution is -2.01. The number of hydrogen-bond donors (Lipinski definition) is 1. The second-order valence-electron chi connectivity index (χ2n) is 5.31. The number of benzene rings is 2. The molecule has 2 rings (SSSR count). The molecule has 0 fully saturated rings. The molecule has 0 spiro atoms. The van der Waals surface area contributed by atoms with Gasteiger partial charge in [-0.25, -0.2) is 0 Å². The summed E-state index contributed by atoms with van der Waals surface area (Å²) >= 11 is 1.87. The van der Waals surface area contributed by atoms with Gasteiger partial charge in [-0.15, -0.1) is 11.8 Å². The molecule has 0 aromatic heterocycles. The number of nitrogens with two attached hydrogens (primary N) is 1. The van der Waals surface area contributed by atoms with E-state index in [0.717, 1.165) is 17.9 Å². The SMILES string of the molecule is CC(C)c1ccc(SCCCOc2ccccc2N)cc1. The van der Waals surface area contributed by atoms with Gasteiger partial charge < -0.3 is 10.5 Å². The fourth-order valence-corrected chi connectivity index (χ4v) is 2.82. The predicted octanol–water partition coefficient (Wildman–Crippen LogP) is 4.95. The first-order chi connectivity index (χ1) is 10.2. The van der Waals surface area contributed by atoms with Gasteiger partial charge in [-0.3, -0.25) is 0 Å². The number of para-hydroxylation sites is 2. The van der Waals surface area contributed by atoms with Crippen LogP contribution in [0.15, 0.2) is 53.4 Å². The van der Waals surface area contributed by atoms with Crippen LogP contribution >= 0.6 is 11.8 Å². The van der Waals surface area contributed by atoms with E-state index >= 15 is 0 Å². The fraction of sp³-hybridized carbons (Fsp3) is 0.333. The predicted molar refractivity (Wildman–Crippen MR) is 92.2 cm³/mol. The molecule has 2 nitrogen and oxygen atoms in total. The number of ether oxygens (including phenoxy) is 1. The maximum atomic E-state index is 5.83. The van der Waals surface area contributed by atoms with Gasteiger partial charge in [-0.2, -0.15) is 0 Å². The van der Waals surface area contributed by atoms with Gasteiger partial charge in [0.05, 0.1) is 12.3 Å². The topological polar surface area (TPSA) is 35.2 Å². The highest BCUT2D eigenvalue weighted by molar-refractivity contribution is 7.99. The Bertz CT molecular complexity index is 551. The molecule has 2 aromatic carbocycles. The molecule has 0 aliphatic rings. The molecule has 0 aliphatic carbocycles. The largest absolute Gasteiger partial charge is 0.491 e. The number of anilines is 1. The minimum atomic E-state index is 0.591. The summed E-state index contributed by atoms with van der Waals surface area (Å²) in [5, 5.41) is 0. The van der Waals surface area contributed by atoms with Crippen LogP contribution in [0.25, 0.3) is 0 Å². The van der Waals surface area contributed by atoms with Crippen molar-refractivity contribution in [3.8, 4) is 5.75 Å². The van der Waals surface area contributed by atoms with Crippen molar-refractivity contribution in [2.45, 2.75) is 31.1 Å². The Morgan fingerprint density at radius 1 is 1.05 bits per heavy atom. The molecule has 21 heavy (non-hydrogen) atoms. The van der Waals surface area contributed by atoms with Crippen molar-refractivity contribution >= 4 is 17.4 Å². The van der Waals surface area contributed by atoms with Crippen molar-refractivity contribution in [3.63, 3.8) is 0 Å². The monoisotopic (exact) mass is 301 g/mol. The molecule has 0 amide bonds. The van der Waals surface area contributed by atoms with E-state index in [0.29, 0.717) is 18.2 Å². The van der Waals surface area contributed by atoms with Crippen molar-refractivity contribution in [1.82, 2.24) is 0 Å². The summed E-state index contributed by atoms with van der Waals surface area (Å²) in [6.45, 7) is 5.13. The van der Waals surface area contributed by atoms with Gasteiger partial charge in [0, 0.05) is 10.6 Å². The molecule has 0 atom stereocenters. The first kappa shape index (κ1) is 15.8. The van der Waals surface area contributed by atoms with Crippen LogP contribution in [0, 0.1) is 0 Å². The van der Waals surface area contributed by atoms with E-state index in [1.807, 2.05) is 36.0 Å². The molecule has 3 heteroatoms. The summed E-state index contributed by atoms with van der Waals surface area (Å²) in [5.41, 5.74) is 7.93. The van der Waals surface area contributed by atoms with Crippen LogP contribution in [0.4, 0.5) is 5.69 Å². The Morgan fingerprint density at radius 2 is 1.76 bits per heavy atom. The molecule has 2 aromatic rings. The molecule has 0 saturated heterocycles. The number of thioether (sulfide) groups is 1. The lowest BCUT2D eigenvalue weighted by atomic mass is 10.0. The molecule has 2 N–H and O–H groups in total. The molecule has 112 valence electrons. The molecular formula is C18H23NOS. The van der Waals surface area contributed by atoms with E-state index in [1.54, 1.807) is 0 Å². The Hall–Kier alpha value is -1.61. The van der Waals surface area contributed by atoms with Gasteiger partial charge in [0.1, 0.15) is 5.75 Å². The molecular weight excluding hydrogens is 278 g/mol. The molecule has 0 saturated carbocycles. The lowest BCUT2D eigenvalue weighted by molar-refractivity contribution is 0.320. The molecule has 0 radical (unpaired) electrons. The zero-order valence-electron chi connectivity index (χ0n) is 12.7. The van der Waals surface area contributed by atoms with Crippen molar-refractivity contribution in [3.05, 3.63) is 54.1 Å². The average molecular weight is 301 g/mol. The van der Waals surface area contributed by atoms with Crippen molar-refractivity contribution < 1.29 is 4.74 Å². The van der Waals surface area contributed by atoms with E-state index in [2.05, 4.69) is 38.1 Å². The highest BCUT2D eigenvalue weighted by atomic mass is 32.2. The number of nitrogen functional groups attached to an aromatic ring is 1. The standard InChI is InChI=1S/C18H23NOS/c1-14(2)15-8-10-16(11-9-15)21-13-5-12-20-18-7-4-3-6-17(18)19/h3-4,6-11,14H,5,12-13,19H2,1-2H3. The number of rotatable bonds is 7. The molecule has 0 bridgehead atoms. The third kappa shape index (κ3) is 5.01. The second-order valence-corrected chi connectivity index (χ2v) is 6.48. The highest BCUT2D eigenvalue weighted by Gasteiger charge is 2.01. The van der Waals surface area contributed by atoms with Gasteiger partial charge in [0.25, 0.3) is 0 Å². The zero-order valence-corrected chi connectivity index (χ0v) is 13.5.